The average Bonchev–Trinajstić information content (AvgIpc) is 2.39. The monoisotopic (exact) mass is 279 g/mol. The Morgan fingerprint density at radius 2 is 1.80 bits per heavy atom. The molecule has 1 rings (SSSR count). The Hall–Kier alpha value is -1.59. The lowest BCUT2D eigenvalue weighted by Crippen LogP contribution is -2.36. The van der Waals surface area contributed by atoms with Crippen molar-refractivity contribution in [1.29, 1.82) is 0 Å². The summed E-state index contributed by atoms with van der Waals surface area (Å²) in [5, 5.41) is 2.88. The van der Waals surface area contributed by atoms with Crippen LogP contribution in [-0.4, -0.2) is 59.3 Å². The minimum absolute atomic E-state index is 0.0933. The molecule has 1 aromatic rings. The van der Waals surface area contributed by atoms with Crippen LogP contribution in [0.4, 0.5) is 5.69 Å². The van der Waals surface area contributed by atoms with Crippen LogP contribution in [0.3, 0.4) is 0 Å². The predicted octanol–water partition coefficient (Wildman–Crippen LogP) is 1.12. The van der Waals surface area contributed by atoms with Crippen LogP contribution in [0.1, 0.15) is 11.6 Å². The van der Waals surface area contributed by atoms with Crippen molar-refractivity contribution in [2.75, 3.05) is 53.4 Å². The van der Waals surface area contributed by atoms with Gasteiger partial charge in [-0.1, -0.05) is 12.1 Å². The van der Waals surface area contributed by atoms with E-state index in [2.05, 4.69) is 39.4 Å². The number of nitrogens with zero attached hydrogens (tertiary/aromatic N) is 2. The third-order valence-electron chi connectivity index (χ3n) is 3.19. The van der Waals surface area contributed by atoms with Crippen molar-refractivity contribution < 1.29 is 9.53 Å². The van der Waals surface area contributed by atoms with E-state index in [-0.39, 0.29) is 18.6 Å². The Labute approximate surface area is 121 Å². The number of ether oxygens (including phenoxy) is 1. The highest BCUT2D eigenvalue weighted by atomic mass is 16.5. The molecule has 0 fully saturated rings. The molecule has 0 radical (unpaired) electrons. The third kappa shape index (κ3) is 4.83. The van der Waals surface area contributed by atoms with Gasteiger partial charge in [0, 0.05) is 33.4 Å². The highest BCUT2D eigenvalue weighted by molar-refractivity contribution is 5.77. The first-order valence-corrected chi connectivity index (χ1v) is 6.65. The van der Waals surface area contributed by atoms with Crippen LogP contribution in [0, 0.1) is 0 Å². The normalized spacial score (nSPS) is 12.3. The number of hydrogen-bond acceptors (Lipinski definition) is 4. The number of carbonyl (C=O) groups excluding carboxylic acids is 1. The largest absolute Gasteiger partial charge is 0.378 e. The maximum atomic E-state index is 11.5. The fourth-order valence-electron chi connectivity index (χ4n) is 1.99. The molecule has 1 amide bonds. The molecule has 5 nitrogen and oxygen atoms in total. The lowest BCUT2D eigenvalue weighted by Gasteiger charge is -2.25. The van der Waals surface area contributed by atoms with Gasteiger partial charge in [0.1, 0.15) is 6.61 Å². The molecule has 0 unspecified atom stereocenters. The molecular formula is C15H25N3O2. The summed E-state index contributed by atoms with van der Waals surface area (Å²) in [4.78, 5) is 15.6. The van der Waals surface area contributed by atoms with E-state index in [9.17, 15) is 4.79 Å². The van der Waals surface area contributed by atoms with Gasteiger partial charge in [0.05, 0.1) is 6.04 Å². The molecule has 0 saturated heterocycles. The Bertz CT molecular complexity index is 416. The number of hydrogen-bond donors (Lipinski definition) is 1. The van der Waals surface area contributed by atoms with Crippen LogP contribution in [0.15, 0.2) is 24.3 Å². The molecule has 0 saturated carbocycles. The highest BCUT2D eigenvalue weighted by Crippen LogP contribution is 2.20. The van der Waals surface area contributed by atoms with E-state index in [1.807, 2.05) is 28.2 Å². The van der Waals surface area contributed by atoms with E-state index in [0.717, 1.165) is 5.69 Å². The third-order valence-corrected chi connectivity index (χ3v) is 3.19. The van der Waals surface area contributed by atoms with Crippen LogP contribution in [0.2, 0.25) is 0 Å². The molecule has 0 aliphatic heterocycles. The Morgan fingerprint density at radius 3 is 2.25 bits per heavy atom. The smallest absolute Gasteiger partial charge is 0.246 e. The van der Waals surface area contributed by atoms with Gasteiger partial charge in [-0.15, -0.1) is 0 Å². The van der Waals surface area contributed by atoms with Crippen molar-refractivity contribution in [3.63, 3.8) is 0 Å². The summed E-state index contributed by atoms with van der Waals surface area (Å²) >= 11 is 0. The zero-order chi connectivity index (χ0) is 15.1. The van der Waals surface area contributed by atoms with Crippen molar-refractivity contribution in [3.8, 4) is 0 Å². The molecule has 20 heavy (non-hydrogen) atoms. The predicted molar refractivity (Wildman–Crippen MR) is 82.1 cm³/mol. The Kier molecular flexibility index (Phi) is 6.48. The topological polar surface area (TPSA) is 44.8 Å². The van der Waals surface area contributed by atoms with Gasteiger partial charge >= 0.3 is 0 Å². The van der Waals surface area contributed by atoms with Gasteiger partial charge in [-0.3, -0.25) is 4.79 Å². The number of anilines is 1. The molecule has 1 aromatic carbocycles. The number of nitrogens with one attached hydrogen (secondary N) is 1. The van der Waals surface area contributed by atoms with Gasteiger partial charge in [0.2, 0.25) is 5.91 Å². The molecule has 0 aliphatic carbocycles. The van der Waals surface area contributed by atoms with Gasteiger partial charge in [-0.2, -0.15) is 0 Å². The minimum atomic E-state index is -0.0933. The summed E-state index contributed by atoms with van der Waals surface area (Å²) in [5.74, 6) is -0.0933. The molecule has 0 heterocycles. The minimum Gasteiger partial charge on any atom is -0.378 e. The van der Waals surface area contributed by atoms with Crippen molar-refractivity contribution in [2.45, 2.75) is 6.04 Å². The lowest BCUT2D eigenvalue weighted by atomic mass is 10.1. The van der Waals surface area contributed by atoms with Crippen molar-refractivity contribution in [1.82, 2.24) is 10.2 Å². The fraction of sp³-hybridized carbons (Fsp3) is 0.533. The fourth-order valence-corrected chi connectivity index (χ4v) is 1.99. The van der Waals surface area contributed by atoms with E-state index >= 15 is 0 Å². The Balaban J connectivity index is 2.73. The molecule has 0 spiro atoms. The first kappa shape index (κ1) is 16.5. The number of benzene rings is 1. The summed E-state index contributed by atoms with van der Waals surface area (Å²) in [5.41, 5.74) is 2.34. The molecule has 0 bridgehead atoms. The van der Waals surface area contributed by atoms with Gasteiger partial charge in [0.25, 0.3) is 0 Å². The summed E-state index contributed by atoms with van der Waals surface area (Å²) < 4.78 is 4.81. The van der Waals surface area contributed by atoms with E-state index in [1.54, 1.807) is 0 Å². The van der Waals surface area contributed by atoms with Gasteiger partial charge in [-0.25, -0.2) is 0 Å². The zero-order valence-corrected chi connectivity index (χ0v) is 13.0. The lowest BCUT2D eigenvalue weighted by molar-refractivity contribution is -0.124. The quantitative estimate of drug-likeness (QED) is 0.812. The van der Waals surface area contributed by atoms with E-state index < -0.39 is 0 Å². The second kappa shape index (κ2) is 7.87. The SMILES string of the molecule is COCC(=O)NC[C@H](c1ccc(N(C)C)cc1)N(C)C. The summed E-state index contributed by atoms with van der Waals surface area (Å²) in [7, 11) is 9.57. The number of carbonyl (C=O) groups is 1. The maximum Gasteiger partial charge on any atom is 0.246 e. The number of amides is 1. The average molecular weight is 279 g/mol. The molecule has 5 heteroatoms. The van der Waals surface area contributed by atoms with Gasteiger partial charge < -0.3 is 19.9 Å². The van der Waals surface area contributed by atoms with E-state index in [0.29, 0.717) is 6.54 Å². The van der Waals surface area contributed by atoms with Gasteiger partial charge in [-0.05, 0) is 31.8 Å². The van der Waals surface area contributed by atoms with Crippen LogP contribution in [0.5, 0.6) is 0 Å². The Morgan fingerprint density at radius 1 is 1.20 bits per heavy atom. The van der Waals surface area contributed by atoms with Crippen molar-refractivity contribution >= 4 is 11.6 Å². The van der Waals surface area contributed by atoms with E-state index in [1.165, 1.54) is 12.7 Å². The number of methoxy groups -OCH3 is 1. The summed E-state index contributed by atoms with van der Waals surface area (Å²) in [6.07, 6.45) is 0. The zero-order valence-electron chi connectivity index (χ0n) is 13.0. The maximum absolute atomic E-state index is 11.5. The second-order valence-electron chi connectivity index (χ2n) is 5.20. The van der Waals surface area contributed by atoms with Crippen molar-refractivity contribution in [2.24, 2.45) is 0 Å². The van der Waals surface area contributed by atoms with Gasteiger partial charge in [0.15, 0.2) is 0 Å². The first-order chi connectivity index (χ1) is 9.45. The number of rotatable bonds is 7. The van der Waals surface area contributed by atoms with Crippen LogP contribution in [0.25, 0.3) is 0 Å². The summed E-state index contributed by atoms with van der Waals surface area (Å²) in [6, 6.07) is 8.52. The second-order valence-corrected chi connectivity index (χ2v) is 5.20. The van der Waals surface area contributed by atoms with Crippen molar-refractivity contribution in [3.05, 3.63) is 29.8 Å². The first-order valence-electron chi connectivity index (χ1n) is 6.65. The summed E-state index contributed by atoms with van der Waals surface area (Å²) in [6.45, 7) is 0.663. The van der Waals surface area contributed by atoms with Crippen LogP contribution >= 0.6 is 0 Å². The molecule has 112 valence electrons. The van der Waals surface area contributed by atoms with Crippen LogP contribution < -0.4 is 10.2 Å². The molecule has 1 N–H and O–H groups in total. The highest BCUT2D eigenvalue weighted by Gasteiger charge is 2.15. The van der Waals surface area contributed by atoms with Crippen LogP contribution in [-0.2, 0) is 9.53 Å². The number of likely N-dealkylation sites (N-methyl/N-ethyl adjacent to an activating group) is 1. The molecular weight excluding hydrogens is 254 g/mol. The molecule has 0 aromatic heterocycles. The van der Waals surface area contributed by atoms with E-state index in [4.69, 9.17) is 4.74 Å². The standard InChI is InChI=1S/C15H25N3O2/c1-17(2)13-8-6-12(7-9-13)14(18(3)4)10-16-15(19)11-20-5/h6-9,14H,10-11H2,1-5H3,(H,16,19)/t14-/m1/s1. The molecule has 0 aliphatic rings. The molecule has 1 atom stereocenters.